The Labute approximate surface area is 143 Å². The van der Waals surface area contributed by atoms with E-state index >= 15 is 0 Å². The van der Waals surface area contributed by atoms with Crippen molar-refractivity contribution in [2.45, 2.75) is 26.8 Å². The Bertz CT molecular complexity index is 597. The van der Waals surface area contributed by atoms with Crippen molar-refractivity contribution in [1.82, 2.24) is 9.80 Å². The second-order valence-electron chi connectivity index (χ2n) is 6.02. The first-order chi connectivity index (χ1) is 11.4. The van der Waals surface area contributed by atoms with Crippen molar-refractivity contribution in [3.8, 4) is 5.75 Å². The fraction of sp³-hybridized carbons (Fsp3) is 0.556. The zero-order valence-electron chi connectivity index (χ0n) is 14.9. The van der Waals surface area contributed by atoms with Gasteiger partial charge < -0.3 is 14.4 Å². The zero-order chi connectivity index (χ0) is 17.7. The van der Waals surface area contributed by atoms with Crippen LogP contribution in [0, 0.1) is 0 Å². The largest absolute Gasteiger partial charge is 0.414 e. The molecule has 1 unspecified atom stereocenters. The summed E-state index contributed by atoms with van der Waals surface area (Å²) in [7, 11) is 1.66. The minimum atomic E-state index is -0.462. The number of Topliss-reactive ketones (excluding diaryl/α,β-unsaturated/α-hetero) is 1. The average molecular weight is 334 g/mol. The first-order valence-corrected chi connectivity index (χ1v) is 8.33. The van der Waals surface area contributed by atoms with E-state index in [-0.39, 0.29) is 11.8 Å². The van der Waals surface area contributed by atoms with Crippen LogP contribution < -0.4 is 4.74 Å². The molecule has 1 amide bonds. The molecule has 0 bridgehead atoms. The molecule has 0 saturated carbocycles. The highest BCUT2D eigenvalue weighted by molar-refractivity contribution is 5.97. The minimum absolute atomic E-state index is 0.123. The van der Waals surface area contributed by atoms with Crippen LogP contribution in [0.25, 0.3) is 0 Å². The Morgan fingerprint density at radius 3 is 2.58 bits per heavy atom. The summed E-state index contributed by atoms with van der Waals surface area (Å²) in [5.41, 5.74) is 1.44. The van der Waals surface area contributed by atoms with Gasteiger partial charge in [-0.05, 0) is 38.5 Å². The number of amides is 1. The molecule has 1 aromatic rings. The Kier molecular flexibility index (Phi) is 6.34. The molecule has 1 saturated heterocycles. The number of nitrogens with zero attached hydrogens (tertiary/aromatic N) is 2. The van der Waals surface area contributed by atoms with E-state index in [0.29, 0.717) is 17.9 Å². The van der Waals surface area contributed by atoms with Crippen molar-refractivity contribution in [3.63, 3.8) is 0 Å². The van der Waals surface area contributed by atoms with E-state index < -0.39 is 6.09 Å². The van der Waals surface area contributed by atoms with E-state index in [1.54, 1.807) is 19.2 Å². The van der Waals surface area contributed by atoms with E-state index in [9.17, 15) is 9.59 Å². The van der Waals surface area contributed by atoms with Crippen LogP contribution in [-0.4, -0.2) is 61.6 Å². The van der Waals surface area contributed by atoms with Gasteiger partial charge in [-0.2, -0.15) is 0 Å². The number of ether oxygens (including phenoxy) is 2. The van der Waals surface area contributed by atoms with E-state index in [2.05, 4.69) is 11.8 Å². The molecule has 132 valence electrons. The third-order valence-corrected chi connectivity index (χ3v) is 4.44. The second-order valence-corrected chi connectivity index (χ2v) is 6.02. The van der Waals surface area contributed by atoms with Crippen LogP contribution in [0.2, 0.25) is 0 Å². The number of ketones is 1. The van der Waals surface area contributed by atoms with E-state index in [4.69, 9.17) is 9.47 Å². The monoisotopic (exact) mass is 334 g/mol. The van der Waals surface area contributed by atoms with Gasteiger partial charge in [-0.1, -0.05) is 6.07 Å². The first kappa shape index (κ1) is 18.4. The van der Waals surface area contributed by atoms with E-state index in [1.807, 2.05) is 13.0 Å². The number of benzene rings is 1. The Hall–Kier alpha value is -1.92. The Morgan fingerprint density at radius 2 is 2.00 bits per heavy atom. The molecule has 1 aliphatic heterocycles. The average Bonchev–Trinajstić information content (AvgIpc) is 2.60. The predicted octanol–water partition coefficient (Wildman–Crippen LogP) is 2.73. The van der Waals surface area contributed by atoms with E-state index in [0.717, 1.165) is 31.9 Å². The molecule has 0 N–H and O–H groups in total. The minimum Gasteiger partial charge on any atom is -0.409 e. The number of hydrogen-bond donors (Lipinski definition) is 0. The van der Waals surface area contributed by atoms with Gasteiger partial charge in [0.1, 0.15) is 5.75 Å². The molecular formula is C18H26N2O4. The summed E-state index contributed by atoms with van der Waals surface area (Å²) in [4.78, 5) is 27.7. The standard InChI is InChI=1S/C18H26N2O4/c1-5-19(4)18(22)24-17-12-15(6-7-16(17)14(3)21)13(2)20-8-10-23-11-9-20/h6-7,12-13H,5,8-11H2,1-4H3. The molecule has 1 heterocycles. The lowest BCUT2D eigenvalue weighted by Gasteiger charge is -2.32. The molecule has 6 heteroatoms. The SMILES string of the molecule is CCN(C)C(=O)Oc1cc(C(C)N2CCOCC2)ccc1C(C)=O. The molecular weight excluding hydrogens is 308 g/mol. The summed E-state index contributed by atoms with van der Waals surface area (Å²) < 4.78 is 10.9. The van der Waals surface area contributed by atoms with Gasteiger partial charge in [-0.15, -0.1) is 0 Å². The van der Waals surface area contributed by atoms with Crippen LogP contribution in [0.3, 0.4) is 0 Å². The first-order valence-electron chi connectivity index (χ1n) is 8.33. The molecule has 0 radical (unpaired) electrons. The van der Waals surface area contributed by atoms with Gasteiger partial charge in [-0.25, -0.2) is 4.79 Å². The molecule has 6 nitrogen and oxygen atoms in total. The number of carbonyl (C=O) groups excluding carboxylic acids is 2. The van der Waals surface area contributed by atoms with Crippen molar-refractivity contribution < 1.29 is 19.1 Å². The quantitative estimate of drug-likeness (QED) is 0.775. The summed E-state index contributed by atoms with van der Waals surface area (Å²) in [6, 6.07) is 5.63. The van der Waals surface area contributed by atoms with Gasteiger partial charge in [0, 0.05) is 32.7 Å². The molecule has 0 aromatic heterocycles. The number of morpholine rings is 1. The molecule has 1 aliphatic rings. The fourth-order valence-electron chi connectivity index (χ4n) is 2.65. The van der Waals surface area contributed by atoms with Crippen LogP contribution in [0.5, 0.6) is 5.75 Å². The summed E-state index contributed by atoms with van der Waals surface area (Å²) in [6.07, 6.45) is -0.462. The maximum absolute atomic E-state index is 12.1. The second kappa shape index (κ2) is 8.26. The van der Waals surface area contributed by atoms with Gasteiger partial charge >= 0.3 is 6.09 Å². The fourth-order valence-corrected chi connectivity index (χ4v) is 2.65. The lowest BCUT2D eigenvalue weighted by Crippen LogP contribution is -2.38. The number of hydrogen-bond acceptors (Lipinski definition) is 5. The smallest absolute Gasteiger partial charge is 0.409 e. The van der Waals surface area contributed by atoms with Crippen LogP contribution in [0.15, 0.2) is 18.2 Å². The van der Waals surface area contributed by atoms with Crippen LogP contribution >= 0.6 is 0 Å². The highest BCUT2D eigenvalue weighted by Crippen LogP contribution is 2.28. The Morgan fingerprint density at radius 1 is 1.33 bits per heavy atom. The Balaban J connectivity index is 2.26. The molecule has 1 fully saturated rings. The highest BCUT2D eigenvalue weighted by Gasteiger charge is 2.21. The normalized spacial score (nSPS) is 16.5. The van der Waals surface area contributed by atoms with Crippen molar-refractivity contribution in [2.24, 2.45) is 0 Å². The summed E-state index contributed by atoms with van der Waals surface area (Å²) >= 11 is 0. The zero-order valence-corrected chi connectivity index (χ0v) is 14.9. The maximum atomic E-state index is 12.1. The highest BCUT2D eigenvalue weighted by atomic mass is 16.6. The van der Waals surface area contributed by atoms with Crippen LogP contribution in [-0.2, 0) is 4.74 Å². The van der Waals surface area contributed by atoms with Crippen LogP contribution in [0.4, 0.5) is 4.79 Å². The molecule has 1 aromatic carbocycles. The van der Waals surface area contributed by atoms with Gasteiger partial charge in [0.05, 0.1) is 18.8 Å². The predicted molar refractivity (Wildman–Crippen MR) is 91.6 cm³/mol. The van der Waals surface area contributed by atoms with E-state index in [1.165, 1.54) is 11.8 Å². The van der Waals surface area contributed by atoms with Crippen molar-refractivity contribution >= 4 is 11.9 Å². The van der Waals surface area contributed by atoms with Crippen molar-refractivity contribution in [3.05, 3.63) is 29.3 Å². The lowest BCUT2D eigenvalue weighted by molar-refractivity contribution is 0.0198. The van der Waals surface area contributed by atoms with Crippen molar-refractivity contribution in [2.75, 3.05) is 39.9 Å². The molecule has 0 aliphatic carbocycles. The lowest BCUT2D eigenvalue weighted by atomic mass is 10.0. The molecule has 24 heavy (non-hydrogen) atoms. The summed E-state index contributed by atoms with van der Waals surface area (Å²) in [6.45, 7) is 9.16. The number of rotatable bonds is 5. The van der Waals surface area contributed by atoms with Gasteiger partial charge in [0.15, 0.2) is 5.78 Å². The van der Waals surface area contributed by atoms with Gasteiger partial charge in [0.25, 0.3) is 0 Å². The maximum Gasteiger partial charge on any atom is 0.414 e. The molecule has 2 rings (SSSR count). The van der Waals surface area contributed by atoms with Crippen molar-refractivity contribution in [1.29, 1.82) is 0 Å². The topological polar surface area (TPSA) is 59.1 Å². The molecule has 0 spiro atoms. The third kappa shape index (κ3) is 4.33. The third-order valence-electron chi connectivity index (χ3n) is 4.44. The summed E-state index contributed by atoms with van der Waals surface area (Å²) in [5.74, 6) is 0.202. The van der Waals surface area contributed by atoms with Gasteiger partial charge in [0.2, 0.25) is 0 Å². The number of carbonyl (C=O) groups is 2. The van der Waals surface area contributed by atoms with Crippen LogP contribution in [0.1, 0.15) is 42.7 Å². The van der Waals surface area contributed by atoms with Gasteiger partial charge in [-0.3, -0.25) is 9.69 Å². The molecule has 1 atom stereocenters. The summed E-state index contributed by atoms with van der Waals surface area (Å²) in [5, 5.41) is 0.